The number of tetrazole rings is 1. The fourth-order valence-electron chi connectivity index (χ4n) is 4.36. The number of fused-ring (bicyclic) bond motifs is 1. The third-order valence-electron chi connectivity index (χ3n) is 6.23. The third kappa shape index (κ3) is 3.83. The molecule has 3 aromatic rings. The first-order valence-electron chi connectivity index (χ1n) is 10.9. The van der Waals surface area contributed by atoms with E-state index in [2.05, 4.69) is 52.8 Å². The lowest BCUT2D eigenvalue weighted by Crippen LogP contribution is -2.45. The first-order valence-corrected chi connectivity index (χ1v) is 10.9. The van der Waals surface area contributed by atoms with E-state index in [1.807, 2.05) is 46.2 Å². The maximum absolute atomic E-state index is 13.2. The van der Waals surface area contributed by atoms with Gasteiger partial charge in [0.2, 0.25) is 5.91 Å². The Kier molecular flexibility index (Phi) is 5.24. The van der Waals surface area contributed by atoms with E-state index in [1.54, 1.807) is 4.68 Å². The van der Waals surface area contributed by atoms with Crippen molar-refractivity contribution in [1.82, 2.24) is 25.1 Å². The molecule has 5 rings (SSSR count). The number of nitrogens with zero attached hydrogens (tertiary/aromatic N) is 6. The number of aromatic nitrogens is 4. The van der Waals surface area contributed by atoms with E-state index < -0.39 is 0 Å². The van der Waals surface area contributed by atoms with Crippen LogP contribution in [0.1, 0.15) is 36.9 Å². The summed E-state index contributed by atoms with van der Waals surface area (Å²) < 4.78 is 1.80. The zero-order valence-electron chi connectivity index (χ0n) is 17.6. The molecule has 0 spiro atoms. The van der Waals surface area contributed by atoms with E-state index in [4.69, 9.17) is 0 Å². The van der Waals surface area contributed by atoms with Crippen LogP contribution in [-0.2, 0) is 4.79 Å². The highest BCUT2D eigenvalue weighted by atomic mass is 16.2. The number of anilines is 1. The van der Waals surface area contributed by atoms with Crippen LogP contribution in [0.15, 0.2) is 66.7 Å². The third-order valence-corrected chi connectivity index (χ3v) is 6.23. The maximum Gasteiger partial charge on any atom is 0.251 e. The SMILES string of the molecule is CC1CCN(C(=O)CN2C(c3ccccc3)=C[C@@H](c3ccccc3)n3nnnc32)CC1. The Labute approximate surface area is 182 Å². The van der Waals surface area contributed by atoms with E-state index in [0.29, 0.717) is 11.9 Å². The molecule has 0 bridgehead atoms. The molecule has 31 heavy (non-hydrogen) atoms. The Morgan fingerprint density at radius 1 is 1.00 bits per heavy atom. The van der Waals surface area contributed by atoms with E-state index in [9.17, 15) is 4.79 Å². The van der Waals surface area contributed by atoms with Gasteiger partial charge in [0, 0.05) is 13.1 Å². The van der Waals surface area contributed by atoms with Crippen LogP contribution in [0.25, 0.3) is 5.70 Å². The molecule has 2 aliphatic rings. The van der Waals surface area contributed by atoms with Crippen molar-refractivity contribution in [2.75, 3.05) is 24.5 Å². The summed E-state index contributed by atoms with van der Waals surface area (Å²) >= 11 is 0. The number of rotatable bonds is 4. The molecule has 0 unspecified atom stereocenters. The topological polar surface area (TPSA) is 67.2 Å². The highest BCUT2D eigenvalue weighted by molar-refractivity contribution is 5.89. The van der Waals surface area contributed by atoms with Gasteiger partial charge in [-0.25, -0.2) is 0 Å². The summed E-state index contributed by atoms with van der Waals surface area (Å²) in [4.78, 5) is 17.1. The molecule has 2 aliphatic heterocycles. The predicted octanol–water partition coefficient (Wildman–Crippen LogP) is 3.38. The number of amides is 1. The van der Waals surface area contributed by atoms with Gasteiger partial charge in [-0.2, -0.15) is 4.68 Å². The minimum absolute atomic E-state index is 0.112. The molecule has 158 valence electrons. The first-order chi connectivity index (χ1) is 15.2. The number of likely N-dealkylation sites (tertiary alicyclic amines) is 1. The van der Waals surface area contributed by atoms with E-state index >= 15 is 0 Å². The summed E-state index contributed by atoms with van der Waals surface area (Å²) in [6.07, 6.45) is 4.27. The van der Waals surface area contributed by atoms with Crippen LogP contribution in [0.5, 0.6) is 0 Å². The number of carbonyl (C=O) groups excluding carboxylic acids is 1. The lowest BCUT2D eigenvalue weighted by atomic mass is 9.99. The first kappa shape index (κ1) is 19.5. The molecule has 7 nitrogen and oxygen atoms in total. The number of piperidine rings is 1. The fraction of sp³-hybridized carbons (Fsp3) is 0.333. The van der Waals surface area contributed by atoms with Crippen LogP contribution >= 0.6 is 0 Å². The lowest BCUT2D eigenvalue weighted by Gasteiger charge is -2.35. The molecule has 1 saturated heterocycles. The standard InChI is InChI=1S/C24H26N6O/c1-18-12-14-28(15-13-18)23(31)17-29-21(19-8-4-2-5-9-19)16-22(20-10-6-3-7-11-20)30-24(29)25-26-27-30/h2-11,16,18,22H,12-15,17H2,1H3/t22-/m0/s1. The van der Waals surface area contributed by atoms with Gasteiger partial charge in [-0.15, -0.1) is 0 Å². The number of hydrogen-bond donors (Lipinski definition) is 0. The molecule has 2 aromatic carbocycles. The Morgan fingerprint density at radius 3 is 2.39 bits per heavy atom. The lowest BCUT2D eigenvalue weighted by molar-refractivity contribution is -0.130. The fourth-order valence-corrected chi connectivity index (χ4v) is 4.36. The average molecular weight is 415 g/mol. The van der Waals surface area contributed by atoms with Gasteiger partial charge in [0.15, 0.2) is 0 Å². The predicted molar refractivity (Wildman–Crippen MR) is 119 cm³/mol. The minimum atomic E-state index is -0.136. The van der Waals surface area contributed by atoms with Crippen molar-refractivity contribution < 1.29 is 4.79 Å². The molecular weight excluding hydrogens is 388 g/mol. The molecule has 0 N–H and O–H groups in total. The molecule has 1 aromatic heterocycles. The van der Waals surface area contributed by atoms with Crippen LogP contribution in [0.2, 0.25) is 0 Å². The number of carbonyl (C=O) groups is 1. The second-order valence-electron chi connectivity index (χ2n) is 8.35. The van der Waals surface area contributed by atoms with Gasteiger partial charge in [-0.3, -0.25) is 9.69 Å². The molecule has 0 radical (unpaired) electrons. The van der Waals surface area contributed by atoms with E-state index in [-0.39, 0.29) is 18.5 Å². The van der Waals surface area contributed by atoms with Gasteiger partial charge in [-0.05, 0) is 46.4 Å². The van der Waals surface area contributed by atoms with Crippen molar-refractivity contribution >= 4 is 17.6 Å². The second kappa shape index (κ2) is 8.34. The molecular formula is C24H26N6O. The maximum atomic E-state index is 13.2. The van der Waals surface area contributed by atoms with Crippen molar-refractivity contribution in [3.63, 3.8) is 0 Å². The van der Waals surface area contributed by atoms with Gasteiger partial charge in [0.25, 0.3) is 5.95 Å². The van der Waals surface area contributed by atoms with Gasteiger partial charge < -0.3 is 4.90 Å². The molecule has 3 heterocycles. The van der Waals surface area contributed by atoms with Crippen molar-refractivity contribution in [2.24, 2.45) is 5.92 Å². The highest BCUT2D eigenvalue weighted by Gasteiger charge is 2.33. The summed E-state index contributed by atoms with van der Waals surface area (Å²) in [5.74, 6) is 1.38. The number of hydrogen-bond acceptors (Lipinski definition) is 5. The van der Waals surface area contributed by atoms with E-state index in [0.717, 1.165) is 42.8 Å². The van der Waals surface area contributed by atoms with Crippen LogP contribution in [0.3, 0.4) is 0 Å². The summed E-state index contributed by atoms with van der Waals surface area (Å²) in [5, 5.41) is 12.5. The van der Waals surface area contributed by atoms with Crippen molar-refractivity contribution in [2.45, 2.75) is 25.8 Å². The van der Waals surface area contributed by atoms with Gasteiger partial charge in [0.1, 0.15) is 12.6 Å². The number of benzene rings is 2. The summed E-state index contributed by atoms with van der Waals surface area (Å²) in [6.45, 7) is 4.10. The largest absolute Gasteiger partial charge is 0.341 e. The highest BCUT2D eigenvalue weighted by Crippen LogP contribution is 2.36. The smallest absolute Gasteiger partial charge is 0.251 e. The molecule has 1 fully saturated rings. The molecule has 1 atom stereocenters. The van der Waals surface area contributed by atoms with Crippen LogP contribution in [0.4, 0.5) is 5.95 Å². The molecule has 0 saturated carbocycles. The Bertz CT molecular complexity index is 1070. The molecule has 7 heteroatoms. The Morgan fingerprint density at radius 2 is 1.68 bits per heavy atom. The van der Waals surface area contributed by atoms with Crippen LogP contribution in [-0.4, -0.2) is 50.6 Å². The Hall–Kier alpha value is -3.48. The van der Waals surface area contributed by atoms with Gasteiger partial charge in [0.05, 0.1) is 5.70 Å². The minimum Gasteiger partial charge on any atom is -0.341 e. The van der Waals surface area contributed by atoms with Crippen LogP contribution < -0.4 is 4.90 Å². The summed E-state index contributed by atoms with van der Waals surface area (Å²) in [7, 11) is 0. The zero-order chi connectivity index (χ0) is 21.2. The quantitative estimate of drug-likeness (QED) is 0.655. The summed E-state index contributed by atoms with van der Waals surface area (Å²) in [6, 6.07) is 20.2. The zero-order valence-corrected chi connectivity index (χ0v) is 17.6. The van der Waals surface area contributed by atoms with Gasteiger partial charge in [-0.1, -0.05) is 72.7 Å². The summed E-state index contributed by atoms with van der Waals surface area (Å²) in [5.41, 5.74) is 3.09. The normalized spacial score (nSPS) is 19.1. The monoisotopic (exact) mass is 414 g/mol. The van der Waals surface area contributed by atoms with Crippen LogP contribution in [0, 0.1) is 5.92 Å². The van der Waals surface area contributed by atoms with Crippen molar-refractivity contribution in [1.29, 1.82) is 0 Å². The number of allylic oxidation sites excluding steroid dienone is 1. The average Bonchev–Trinajstić information content (AvgIpc) is 3.31. The molecule has 1 amide bonds. The van der Waals surface area contributed by atoms with Gasteiger partial charge >= 0.3 is 0 Å². The van der Waals surface area contributed by atoms with E-state index in [1.165, 1.54) is 0 Å². The molecule has 0 aliphatic carbocycles. The Balaban J connectivity index is 1.52. The second-order valence-corrected chi connectivity index (χ2v) is 8.35. The van der Waals surface area contributed by atoms with Crippen molar-refractivity contribution in [3.05, 3.63) is 77.9 Å². The van der Waals surface area contributed by atoms with Crippen molar-refractivity contribution in [3.8, 4) is 0 Å².